The van der Waals surface area contributed by atoms with E-state index in [0.29, 0.717) is 27.9 Å². The quantitative estimate of drug-likeness (QED) is 0.809. The van der Waals surface area contributed by atoms with E-state index < -0.39 is 0 Å². The number of anilines is 1. The summed E-state index contributed by atoms with van der Waals surface area (Å²) < 4.78 is 5.75. The van der Waals surface area contributed by atoms with Gasteiger partial charge in [0.1, 0.15) is 11.0 Å². The number of carbonyl (C=O) groups is 1. The minimum absolute atomic E-state index is 0.0522. The molecule has 2 heterocycles. The van der Waals surface area contributed by atoms with Gasteiger partial charge in [-0.2, -0.15) is 0 Å². The van der Waals surface area contributed by atoms with Crippen LogP contribution < -0.4 is 9.64 Å². The molecule has 1 amide bonds. The van der Waals surface area contributed by atoms with Crippen LogP contribution >= 0.6 is 22.9 Å². The number of carbonyl (C=O) groups excluding carboxylic acids is 1. The summed E-state index contributed by atoms with van der Waals surface area (Å²) in [5.41, 5.74) is 3.15. The molecule has 0 aliphatic carbocycles. The average molecular weight is 309 g/mol. The molecule has 4 nitrogen and oxygen atoms in total. The standard InChI is InChI=1S/C14H13ClN2O2S/c1-8-6-17(14(18)13-9(2)16-7-20-13)11-5-3-4-10(15)12(11)19-8/h3-5,7-8H,6H2,1-2H3/t8-/m0/s1. The lowest BCUT2D eigenvalue weighted by Gasteiger charge is -2.33. The van der Waals surface area contributed by atoms with Gasteiger partial charge in [-0.1, -0.05) is 17.7 Å². The Morgan fingerprint density at radius 3 is 3.05 bits per heavy atom. The van der Waals surface area contributed by atoms with Gasteiger partial charge in [-0.15, -0.1) is 11.3 Å². The smallest absolute Gasteiger partial charge is 0.270 e. The molecule has 0 N–H and O–H groups in total. The number of fused-ring (bicyclic) bond motifs is 1. The number of thiazole rings is 1. The molecule has 0 saturated carbocycles. The van der Waals surface area contributed by atoms with Crippen LogP contribution in [0.2, 0.25) is 5.02 Å². The van der Waals surface area contributed by atoms with Crippen molar-refractivity contribution in [1.29, 1.82) is 0 Å². The summed E-state index contributed by atoms with van der Waals surface area (Å²) in [6.45, 7) is 4.27. The van der Waals surface area contributed by atoms with Crippen molar-refractivity contribution < 1.29 is 9.53 Å². The maximum absolute atomic E-state index is 12.7. The predicted molar refractivity (Wildman–Crippen MR) is 80.1 cm³/mol. The van der Waals surface area contributed by atoms with Gasteiger partial charge in [-0.3, -0.25) is 4.79 Å². The van der Waals surface area contributed by atoms with E-state index in [9.17, 15) is 4.79 Å². The van der Waals surface area contributed by atoms with E-state index in [0.717, 1.165) is 5.69 Å². The second-order valence-electron chi connectivity index (χ2n) is 4.70. The highest BCUT2D eigenvalue weighted by molar-refractivity contribution is 7.12. The second kappa shape index (κ2) is 5.07. The van der Waals surface area contributed by atoms with E-state index >= 15 is 0 Å². The largest absolute Gasteiger partial charge is 0.485 e. The Bertz CT molecular complexity index is 671. The maximum atomic E-state index is 12.7. The third-order valence-electron chi connectivity index (χ3n) is 3.18. The third-order valence-corrected chi connectivity index (χ3v) is 4.39. The highest BCUT2D eigenvalue weighted by Crippen LogP contribution is 2.40. The molecular weight excluding hydrogens is 296 g/mol. The van der Waals surface area contributed by atoms with E-state index in [1.165, 1.54) is 11.3 Å². The Morgan fingerprint density at radius 2 is 2.35 bits per heavy atom. The lowest BCUT2D eigenvalue weighted by molar-refractivity contribution is 0.0964. The second-order valence-corrected chi connectivity index (χ2v) is 5.96. The van der Waals surface area contributed by atoms with Crippen LogP contribution in [0.5, 0.6) is 5.75 Å². The first-order chi connectivity index (χ1) is 9.58. The molecule has 6 heteroatoms. The summed E-state index contributed by atoms with van der Waals surface area (Å²) in [6.07, 6.45) is -0.0976. The van der Waals surface area contributed by atoms with Crippen molar-refractivity contribution in [2.45, 2.75) is 20.0 Å². The first-order valence-electron chi connectivity index (χ1n) is 6.25. The van der Waals surface area contributed by atoms with Crippen molar-refractivity contribution in [3.8, 4) is 5.75 Å². The van der Waals surface area contributed by atoms with E-state index in [1.54, 1.807) is 16.5 Å². The van der Waals surface area contributed by atoms with Gasteiger partial charge in [-0.25, -0.2) is 4.98 Å². The van der Waals surface area contributed by atoms with Gasteiger partial charge in [0, 0.05) is 0 Å². The van der Waals surface area contributed by atoms with Crippen LogP contribution in [0.25, 0.3) is 0 Å². The number of benzene rings is 1. The third kappa shape index (κ3) is 2.17. The monoisotopic (exact) mass is 308 g/mol. The molecule has 0 radical (unpaired) electrons. The molecule has 3 rings (SSSR count). The van der Waals surface area contributed by atoms with Crippen LogP contribution in [0.15, 0.2) is 23.7 Å². The number of amides is 1. The Morgan fingerprint density at radius 1 is 1.55 bits per heavy atom. The van der Waals surface area contributed by atoms with E-state index in [2.05, 4.69) is 4.98 Å². The van der Waals surface area contributed by atoms with Crippen LogP contribution in [0.3, 0.4) is 0 Å². The van der Waals surface area contributed by atoms with Crippen LogP contribution in [-0.4, -0.2) is 23.5 Å². The number of nitrogens with zero attached hydrogens (tertiary/aromatic N) is 2. The molecule has 1 aromatic heterocycles. The van der Waals surface area contributed by atoms with Crippen molar-refractivity contribution in [2.24, 2.45) is 0 Å². The molecule has 1 aromatic carbocycles. The molecule has 1 aliphatic heterocycles. The van der Waals surface area contributed by atoms with Crippen LogP contribution in [-0.2, 0) is 0 Å². The zero-order valence-corrected chi connectivity index (χ0v) is 12.7. The van der Waals surface area contributed by atoms with Crippen LogP contribution in [0.1, 0.15) is 22.3 Å². The van der Waals surface area contributed by atoms with Crippen molar-refractivity contribution in [1.82, 2.24) is 4.98 Å². The van der Waals surface area contributed by atoms with Crippen molar-refractivity contribution in [3.05, 3.63) is 39.3 Å². The Hall–Kier alpha value is -1.59. The van der Waals surface area contributed by atoms with E-state index in [1.807, 2.05) is 26.0 Å². The fourth-order valence-electron chi connectivity index (χ4n) is 2.24. The van der Waals surface area contributed by atoms with Gasteiger partial charge in [-0.05, 0) is 26.0 Å². The van der Waals surface area contributed by atoms with Gasteiger partial charge >= 0.3 is 0 Å². The molecule has 0 saturated heterocycles. The number of aryl methyl sites for hydroxylation is 1. The fraction of sp³-hybridized carbons (Fsp3) is 0.286. The van der Waals surface area contributed by atoms with Gasteiger partial charge in [0.2, 0.25) is 0 Å². The minimum atomic E-state index is -0.0976. The Labute approximate surface area is 126 Å². The Kier molecular flexibility index (Phi) is 3.40. The SMILES string of the molecule is Cc1ncsc1C(=O)N1C[C@H](C)Oc2c(Cl)cccc21. The summed E-state index contributed by atoms with van der Waals surface area (Å²) in [5, 5.41) is 0.521. The number of halogens is 1. The highest BCUT2D eigenvalue weighted by atomic mass is 35.5. The summed E-state index contributed by atoms with van der Waals surface area (Å²) >= 11 is 7.52. The molecule has 0 spiro atoms. The number of hydrogen-bond acceptors (Lipinski definition) is 4. The Balaban J connectivity index is 2.05. The van der Waals surface area contributed by atoms with Crippen molar-refractivity contribution in [3.63, 3.8) is 0 Å². The zero-order valence-electron chi connectivity index (χ0n) is 11.1. The number of ether oxygens (including phenoxy) is 1. The van der Waals surface area contributed by atoms with Crippen molar-refractivity contribution >= 4 is 34.5 Å². The first kappa shape index (κ1) is 13.4. The molecule has 0 fully saturated rings. The van der Waals surface area contributed by atoms with Crippen LogP contribution in [0.4, 0.5) is 5.69 Å². The molecule has 2 aromatic rings. The van der Waals surface area contributed by atoms with E-state index in [-0.39, 0.29) is 12.0 Å². The number of para-hydroxylation sites is 1. The van der Waals surface area contributed by atoms with E-state index in [4.69, 9.17) is 16.3 Å². The summed E-state index contributed by atoms with van der Waals surface area (Å²) in [4.78, 5) is 19.2. The zero-order chi connectivity index (χ0) is 14.3. The van der Waals surface area contributed by atoms with Gasteiger partial charge < -0.3 is 9.64 Å². The maximum Gasteiger partial charge on any atom is 0.270 e. The summed E-state index contributed by atoms with van der Waals surface area (Å²) in [6, 6.07) is 5.43. The van der Waals surface area contributed by atoms with Gasteiger partial charge in [0.05, 0.1) is 28.5 Å². The molecule has 0 unspecified atom stereocenters. The minimum Gasteiger partial charge on any atom is -0.485 e. The molecule has 20 heavy (non-hydrogen) atoms. The normalized spacial score (nSPS) is 17.6. The molecule has 0 bridgehead atoms. The number of aromatic nitrogens is 1. The topological polar surface area (TPSA) is 42.4 Å². The number of hydrogen-bond donors (Lipinski definition) is 0. The first-order valence-corrected chi connectivity index (χ1v) is 7.51. The summed E-state index contributed by atoms with van der Waals surface area (Å²) in [7, 11) is 0. The molecule has 1 atom stereocenters. The summed E-state index contributed by atoms with van der Waals surface area (Å²) in [5.74, 6) is 0.520. The highest BCUT2D eigenvalue weighted by Gasteiger charge is 2.31. The lowest BCUT2D eigenvalue weighted by Crippen LogP contribution is -2.42. The lowest BCUT2D eigenvalue weighted by atomic mass is 10.2. The van der Waals surface area contributed by atoms with Gasteiger partial charge in [0.15, 0.2) is 5.75 Å². The van der Waals surface area contributed by atoms with Gasteiger partial charge in [0.25, 0.3) is 5.91 Å². The average Bonchev–Trinajstić information content (AvgIpc) is 2.84. The molecule has 104 valence electrons. The van der Waals surface area contributed by atoms with Crippen LogP contribution in [0, 0.1) is 6.92 Å². The fourth-order valence-corrected chi connectivity index (χ4v) is 3.21. The van der Waals surface area contributed by atoms with Crippen molar-refractivity contribution in [2.75, 3.05) is 11.4 Å². The predicted octanol–water partition coefficient (Wildman–Crippen LogP) is 3.53. The number of rotatable bonds is 1. The molecule has 1 aliphatic rings. The molecular formula is C14H13ClN2O2S.